The van der Waals surface area contributed by atoms with Crippen LogP contribution in [0, 0.1) is 18.3 Å². The Morgan fingerprint density at radius 3 is 2.70 bits per heavy atom. The maximum Gasteiger partial charge on any atom is 0.412 e. The number of aryl methyl sites for hydroxylation is 1. The van der Waals surface area contributed by atoms with Crippen molar-refractivity contribution in [3.05, 3.63) is 69.6 Å². The number of hydrogen-bond donors (Lipinski definition) is 2. The number of nitrogens with one attached hydrogen (secondary N) is 2. The van der Waals surface area contributed by atoms with Crippen molar-refractivity contribution in [1.82, 2.24) is 25.1 Å². The van der Waals surface area contributed by atoms with Crippen molar-refractivity contribution >= 4 is 46.0 Å². The lowest BCUT2D eigenvalue weighted by atomic mass is 10.0. The first-order valence-corrected chi connectivity index (χ1v) is 14.0. The summed E-state index contributed by atoms with van der Waals surface area (Å²) in [6.45, 7) is 2.95. The summed E-state index contributed by atoms with van der Waals surface area (Å²) in [6.07, 6.45) is -3.10. The van der Waals surface area contributed by atoms with Crippen LogP contribution in [0.1, 0.15) is 44.6 Å². The van der Waals surface area contributed by atoms with Gasteiger partial charge in [-0.15, -0.1) is 0 Å². The predicted octanol–water partition coefficient (Wildman–Crippen LogP) is 4.94. The van der Waals surface area contributed by atoms with E-state index in [1.807, 2.05) is 6.07 Å². The van der Waals surface area contributed by atoms with Crippen molar-refractivity contribution < 1.29 is 22.8 Å². The highest BCUT2D eigenvalue weighted by Gasteiger charge is 2.36. The molecular formula is C26H24ClF3N10O2S. The lowest BCUT2D eigenvalue weighted by Gasteiger charge is -2.15. The van der Waals surface area contributed by atoms with Gasteiger partial charge in [0, 0.05) is 19.0 Å². The first kappa shape index (κ1) is 31.4. The summed E-state index contributed by atoms with van der Waals surface area (Å²) in [6, 6.07) is 7.40. The number of carbonyl (C=O) groups is 2. The number of benzene rings is 1. The lowest BCUT2D eigenvalue weighted by Crippen LogP contribution is -2.29. The van der Waals surface area contributed by atoms with Gasteiger partial charge in [-0.2, -0.15) is 28.6 Å². The van der Waals surface area contributed by atoms with Crippen molar-refractivity contribution in [2.45, 2.75) is 32.6 Å². The molecule has 12 nitrogen and oxygen atoms in total. The predicted molar refractivity (Wildman–Crippen MR) is 154 cm³/mol. The molecule has 2 N–H and O–H groups in total. The first-order valence-electron chi connectivity index (χ1n) is 12.6. The average Bonchev–Trinajstić information content (AvgIpc) is 3.62. The van der Waals surface area contributed by atoms with E-state index in [1.165, 1.54) is 47.9 Å². The van der Waals surface area contributed by atoms with Crippen LogP contribution >= 0.6 is 23.4 Å². The second-order valence-electron chi connectivity index (χ2n) is 9.25. The molecule has 0 fully saturated rings. The van der Waals surface area contributed by atoms with Crippen molar-refractivity contribution in [2.24, 2.45) is 15.3 Å². The zero-order valence-electron chi connectivity index (χ0n) is 23.0. The van der Waals surface area contributed by atoms with Gasteiger partial charge in [-0.05, 0) is 49.7 Å². The fourth-order valence-electron chi connectivity index (χ4n) is 3.81. The average molecular weight is 633 g/mol. The molecule has 0 saturated carbocycles. The number of amides is 2. The summed E-state index contributed by atoms with van der Waals surface area (Å²) >= 11 is 7.71. The van der Waals surface area contributed by atoms with Gasteiger partial charge in [0.15, 0.2) is 17.0 Å². The molecule has 0 radical (unpaired) electrons. The normalized spacial score (nSPS) is 13.9. The van der Waals surface area contributed by atoms with Gasteiger partial charge in [0.05, 0.1) is 46.7 Å². The molecule has 0 spiro atoms. The molecule has 3 heterocycles. The third kappa shape index (κ3) is 7.67. The molecule has 3 aromatic rings. The van der Waals surface area contributed by atoms with Crippen LogP contribution in [0.4, 0.5) is 18.9 Å². The van der Waals surface area contributed by atoms with Gasteiger partial charge in [0.1, 0.15) is 5.69 Å². The summed E-state index contributed by atoms with van der Waals surface area (Å²) in [5.41, 5.74) is 1.04. The SMILES string of the molecule is Cc1cc(C#N)cc(C(=O)NC2=NCCS2)c1NC(=O)c1cc(CN(C)/N=N\C(C)C(F)(F)F)nn1-c1ncccc1Cl. The summed E-state index contributed by atoms with van der Waals surface area (Å²) in [5.74, 6) is -0.437. The number of halogens is 4. The largest absolute Gasteiger partial charge is 0.412 e. The standard InChI is InChI=1S/C26H24ClF3N10O2S/c1-14-9-16(12-31)10-18(23(41)35-25-33-7-8-43-25)21(14)34-24(42)20-11-17(13-39(3)38-36-15(2)26(28,29)30)37-40(20)22-19(27)5-4-6-32-22/h4-6,9-11,15H,7-8,13H2,1-3H3,(H,34,42)(H,33,35,41)/b38-36-. The number of aliphatic imine (C=N–C) groups is 1. The second kappa shape index (κ2) is 13.2. The zero-order valence-corrected chi connectivity index (χ0v) is 24.5. The Labute approximate surface area is 253 Å². The second-order valence-corrected chi connectivity index (χ2v) is 10.7. The molecular weight excluding hydrogens is 609 g/mol. The number of anilines is 1. The van der Waals surface area contributed by atoms with E-state index in [0.717, 1.165) is 17.7 Å². The Morgan fingerprint density at radius 2 is 2.05 bits per heavy atom. The molecule has 1 aliphatic rings. The number of hydrogen-bond acceptors (Lipinski definition) is 9. The van der Waals surface area contributed by atoms with Gasteiger partial charge in [-0.1, -0.05) is 28.6 Å². The molecule has 1 unspecified atom stereocenters. The molecule has 4 rings (SSSR count). The molecule has 17 heteroatoms. The van der Waals surface area contributed by atoms with Crippen molar-refractivity contribution in [3.8, 4) is 11.9 Å². The van der Waals surface area contributed by atoms with E-state index in [4.69, 9.17) is 11.6 Å². The number of nitriles is 1. The Bertz CT molecular complexity index is 1650. The molecule has 0 bridgehead atoms. The highest BCUT2D eigenvalue weighted by atomic mass is 35.5. The Hall–Kier alpha value is -4.49. The smallest absolute Gasteiger partial charge is 0.320 e. The van der Waals surface area contributed by atoms with Crippen molar-refractivity contribution in [2.75, 3.05) is 24.7 Å². The molecule has 2 amide bonds. The maximum atomic E-state index is 13.7. The third-order valence-electron chi connectivity index (χ3n) is 5.93. The van der Waals surface area contributed by atoms with Crippen LogP contribution in [0.15, 0.2) is 51.9 Å². The lowest BCUT2D eigenvalue weighted by molar-refractivity contribution is -0.144. The van der Waals surface area contributed by atoms with Crippen LogP contribution in [0.3, 0.4) is 0 Å². The van der Waals surface area contributed by atoms with Gasteiger partial charge in [-0.25, -0.2) is 9.67 Å². The highest BCUT2D eigenvalue weighted by molar-refractivity contribution is 8.14. The number of alkyl halides is 3. The Kier molecular flexibility index (Phi) is 9.66. The van der Waals surface area contributed by atoms with Crippen LogP contribution in [0.2, 0.25) is 5.02 Å². The van der Waals surface area contributed by atoms with E-state index in [9.17, 15) is 28.0 Å². The molecule has 2 aromatic heterocycles. The summed E-state index contributed by atoms with van der Waals surface area (Å²) < 4.78 is 39.7. The van der Waals surface area contributed by atoms with E-state index >= 15 is 0 Å². The monoisotopic (exact) mass is 632 g/mol. The Morgan fingerprint density at radius 1 is 1.28 bits per heavy atom. The van der Waals surface area contributed by atoms with Crippen LogP contribution in [0.25, 0.3) is 5.82 Å². The van der Waals surface area contributed by atoms with Crippen LogP contribution in [-0.2, 0) is 6.54 Å². The van der Waals surface area contributed by atoms with Gasteiger partial charge >= 0.3 is 6.18 Å². The molecule has 1 aliphatic heterocycles. The van der Waals surface area contributed by atoms with Crippen LogP contribution in [-0.4, -0.2) is 68.3 Å². The fraction of sp³-hybridized carbons (Fsp3) is 0.308. The Balaban J connectivity index is 1.68. The van der Waals surface area contributed by atoms with Gasteiger partial charge in [0.25, 0.3) is 11.8 Å². The minimum atomic E-state index is -4.55. The quantitative estimate of drug-likeness (QED) is 0.264. The third-order valence-corrected chi connectivity index (χ3v) is 7.11. The minimum absolute atomic E-state index is 0.0428. The number of aromatic nitrogens is 3. The van der Waals surface area contributed by atoms with Gasteiger partial charge < -0.3 is 10.6 Å². The fourth-order valence-corrected chi connectivity index (χ4v) is 4.74. The first-order chi connectivity index (χ1) is 20.4. The van der Waals surface area contributed by atoms with Crippen LogP contribution < -0.4 is 10.6 Å². The molecule has 0 aliphatic carbocycles. The molecule has 224 valence electrons. The van der Waals surface area contributed by atoms with Gasteiger partial charge in [0.2, 0.25) is 0 Å². The van der Waals surface area contributed by atoms with Crippen molar-refractivity contribution in [1.29, 1.82) is 5.26 Å². The number of pyridine rings is 1. The number of rotatable bonds is 8. The van der Waals surface area contributed by atoms with Crippen LogP contribution in [0.5, 0.6) is 0 Å². The van der Waals surface area contributed by atoms with Gasteiger partial charge in [-0.3, -0.25) is 19.6 Å². The van der Waals surface area contributed by atoms with E-state index in [2.05, 4.69) is 36.0 Å². The molecule has 1 atom stereocenters. The maximum absolute atomic E-state index is 13.7. The van der Waals surface area contributed by atoms with E-state index in [0.29, 0.717) is 17.3 Å². The number of nitrogens with zero attached hydrogens (tertiary/aromatic N) is 8. The highest BCUT2D eigenvalue weighted by Crippen LogP contribution is 2.27. The number of amidine groups is 1. The van der Waals surface area contributed by atoms with E-state index in [1.54, 1.807) is 19.1 Å². The molecule has 0 saturated heterocycles. The molecule has 43 heavy (non-hydrogen) atoms. The topological polar surface area (TPSA) is 153 Å². The summed E-state index contributed by atoms with van der Waals surface area (Å²) in [4.78, 5) is 35.3. The number of thioether (sulfide) groups is 1. The van der Waals surface area contributed by atoms with Crippen molar-refractivity contribution in [3.63, 3.8) is 0 Å². The van der Waals surface area contributed by atoms with E-state index in [-0.39, 0.29) is 45.6 Å². The zero-order chi connectivity index (χ0) is 31.3. The summed E-state index contributed by atoms with van der Waals surface area (Å²) in [7, 11) is 1.40. The summed E-state index contributed by atoms with van der Waals surface area (Å²) in [5, 5.41) is 27.9. The van der Waals surface area contributed by atoms with E-state index < -0.39 is 24.0 Å². The number of carbonyl (C=O) groups excluding carboxylic acids is 2. The molecule has 1 aromatic carbocycles. The minimum Gasteiger partial charge on any atom is -0.320 e.